The van der Waals surface area contributed by atoms with Crippen LogP contribution in [0, 0.1) is 0 Å². The molecule has 0 bridgehead atoms. The number of hydrogen-bond acceptors (Lipinski definition) is 4. The molecule has 0 saturated carbocycles. The van der Waals surface area contributed by atoms with E-state index in [2.05, 4.69) is 17.4 Å². The monoisotopic (exact) mass is 164 g/mol. The van der Waals surface area contributed by atoms with Crippen LogP contribution in [0.4, 0.5) is 0 Å². The topological polar surface area (TPSA) is 35.5 Å². The molecule has 0 heterocycles. The molecular weight excluding hydrogens is 152 g/mol. The first-order valence-corrected chi connectivity index (χ1v) is 3.78. The fourth-order valence-corrected chi connectivity index (χ4v) is 0.537. The summed E-state index contributed by atoms with van der Waals surface area (Å²) < 4.78 is 9.40. The normalized spacial score (nSPS) is 9.40. The average Bonchev–Trinajstić information content (AvgIpc) is 1.89. The van der Waals surface area contributed by atoms with E-state index in [4.69, 9.17) is 4.74 Å². The van der Waals surface area contributed by atoms with Gasteiger partial charge >= 0.3 is 5.97 Å². The maximum Gasteiger partial charge on any atom is 0.308 e. The van der Waals surface area contributed by atoms with Crippen LogP contribution < -0.4 is 0 Å². The molecule has 0 aromatic heterocycles. The Morgan fingerprint density at radius 3 is 2.80 bits per heavy atom. The van der Waals surface area contributed by atoms with Crippen LogP contribution in [0.15, 0.2) is 0 Å². The summed E-state index contributed by atoms with van der Waals surface area (Å²) >= 11 is 3.86. The van der Waals surface area contributed by atoms with Crippen molar-refractivity contribution in [1.29, 1.82) is 0 Å². The molecule has 0 amide bonds. The summed E-state index contributed by atoms with van der Waals surface area (Å²) in [5, 5.41) is 0. The zero-order valence-corrected chi connectivity index (χ0v) is 6.89. The van der Waals surface area contributed by atoms with Crippen molar-refractivity contribution in [3.63, 3.8) is 0 Å². The summed E-state index contributed by atoms with van der Waals surface area (Å²) in [7, 11) is 0. The molecule has 0 N–H and O–H groups in total. The molecule has 0 unspecified atom stereocenters. The quantitative estimate of drug-likeness (QED) is 0.283. The standard InChI is InChI=1S/C6H12O3S/c1-2-8-5-9-6(7)3-4-10/h10H,2-5H2,1H3. The number of carbonyl (C=O) groups is 1. The van der Waals surface area contributed by atoms with Gasteiger partial charge < -0.3 is 9.47 Å². The van der Waals surface area contributed by atoms with E-state index in [0.29, 0.717) is 18.8 Å². The van der Waals surface area contributed by atoms with E-state index in [-0.39, 0.29) is 12.8 Å². The number of thiol groups is 1. The molecule has 0 radical (unpaired) electrons. The third-order valence-corrected chi connectivity index (χ3v) is 1.05. The predicted molar refractivity (Wildman–Crippen MR) is 41.1 cm³/mol. The van der Waals surface area contributed by atoms with Crippen molar-refractivity contribution in [2.75, 3.05) is 19.2 Å². The van der Waals surface area contributed by atoms with Crippen molar-refractivity contribution in [2.24, 2.45) is 0 Å². The highest BCUT2D eigenvalue weighted by Gasteiger charge is 1.98. The number of ether oxygens (including phenoxy) is 2. The second-order valence-corrected chi connectivity index (χ2v) is 2.05. The molecule has 0 aliphatic rings. The van der Waals surface area contributed by atoms with Gasteiger partial charge in [0.2, 0.25) is 0 Å². The lowest BCUT2D eigenvalue weighted by Crippen LogP contribution is -2.08. The Morgan fingerprint density at radius 2 is 2.30 bits per heavy atom. The van der Waals surface area contributed by atoms with Gasteiger partial charge in [-0.05, 0) is 6.92 Å². The van der Waals surface area contributed by atoms with Gasteiger partial charge in [-0.1, -0.05) is 0 Å². The molecule has 0 aromatic carbocycles. The second kappa shape index (κ2) is 6.89. The van der Waals surface area contributed by atoms with Gasteiger partial charge in [0, 0.05) is 12.4 Å². The Morgan fingerprint density at radius 1 is 1.60 bits per heavy atom. The maximum atomic E-state index is 10.6. The number of carbonyl (C=O) groups excluding carboxylic acids is 1. The lowest BCUT2D eigenvalue weighted by Gasteiger charge is -2.01. The second-order valence-electron chi connectivity index (χ2n) is 1.60. The van der Waals surface area contributed by atoms with Gasteiger partial charge in [0.05, 0.1) is 6.42 Å². The Balaban J connectivity index is 3.05. The van der Waals surface area contributed by atoms with E-state index >= 15 is 0 Å². The van der Waals surface area contributed by atoms with Crippen LogP contribution in [0.5, 0.6) is 0 Å². The molecule has 0 saturated heterocycles. The molecule has 0 rings (SSSR count). The van der Waals surface area contributed by atoms with Crippen LogP contribution in [0.1, 0.15) is 13.3 Å². The van der Waals surface area contributed by atoms with E-state index in [0.717, 1.165) is 0 Å². The van der Waals surface area contributed by atoms with Gasteiger partial charge in [-0.2, -0.15) is 12.6 Å². The van der Waals surface area contributed by atoms with Crippen LogP contribution in [0.3, 0.4) is 0 Å². The SMILES string of the molecule is CCOCOC(=O)CCS. The Bertz CT molecular complexity index is 95.0. The summed E-state index contributed by atoms with van der Waals surface area (Å²) in [6.45, 7) is 2.46. The van der Waals surface area contributed by atoms with Crippen LogP contribution in [-0.2, 0) is 14.3 Å². The van der Waals surface area contributed by atoms with Crippen molar-refractivity contribution < 1.29 is 14.3 Å². The number of esters is 1. The van der Waals surface area contributed by atoms with Gasteiger partial charge in [-0.3, -0.25) is 4.79 Å². The minimum atomic E-state index is -0.261. The fraction of sp³-hybridized carbons (Fsp3) is 0.833. The highest BCUT2D eigenvalue weighted by atomic mass is 32.1. The molecule has 60 valence electrons. The van der Waals surface area contributed by atoms with Gasteiger partial charge in [0.25, 0.3) is 0 Å². The van der Waals surface area contributed by atoms with E-state index in [9.17, 15) is 4.79 Å². The molecule has 0 aliphatic carbocycles. The van der Waals surface area contributed by atoms with Crippen LogP contribution in [-0.4, -0.2) is 25.1 Å². The predicted octanol–water partition coefficient (Wildman–Crippen LogP) is 0.843. The maximum absolute atomic E-state index is 10.6. The highest BCUT2D eigenvalue weighted by molar-refractivity contribution is 7.80. The van der Waals surface area contributed by atoms with Crippen molar-refractivity contribution >= 4 is 18.6 Å². The van der Waals surface area contributed by atoms with Crippen LogP contribution >= 0.6 is 12.6 Å². The smallest absolute Gasteiger partial charge is 0.308 e. The zero-order valence-electron chi connectivity index (χ0n) is 6.00. The first-order chi connectivity index (χ1) is 4.81. The number of rotatable bonds is 5. The summed E-state index contributed by atoms with van der Waals surface area (Å²) in [5.41, 5.74) is 0. The molecule has 3 nitrogen and oxygen atoms in total. The summed E-state index contributed by atoms with van der Waals surface area (Å²) in [4.78, 5) is 10.6. The average molecular weight is 164 g/mol. The van der Waals surface area contributed by atoms with Crippen LogP contribution in [0.25, 0.3) is 0 Å². The Labute approximate surface area is 66.1 Å². The first kappa shape index (κ1) is 9.78. The molecule has 0 fully saturated rings. The largest absolute Gasteiger partial charge is 0.438 e. The minimum absolute atomic E-state index is 0.0586. The summed E-state index contributed by atoms with van der Waals surface area (Å²) in [6, 6.07) is 0. The van der Waals surface area contributed by atoms with Gasteiger partial charge in [0.15, 0.2) is 6.79 Å². The van der Waals surface area contributed by atoms with Gasteiger partial charge in [-0.15, -0.1) is 0 Å². The van der Waals surface area contributed by atoms with Gasteiger partial charge in [0.1, 0.15) is 0 Å². The molecule has 0 aromatic rings. The third-order valence-electron chi connectivity index (χ3n) is 0.823. The molecular formula is C6H12O3S. The molecule has 10 heavy (non-hydrogen) atoms. The summed E-state index contributed by atoms with van der Waals surface area (Å²) in [5.74, 6) is 0.258. The van der Waals surface area contributed by atoms with Crippen LogP contribution in [0.2, 0.25) is 0 Å². The van der Waals surface area contributed by atoms with Crippen molar-refractivity contribution in [2.45, 2.75) is 13.3 Å². The molecule has 0 atom stereocenters. The Kier molecular flexibility index (Phi) is 6.74. The Hall–Kier alpha value is -0.220. The van der Waals surface area contributed by atoms with Gasteiger partial charge in [-0.25, -0.2) is 0 Å². The number of hydrogen-bond donors (Lipinski definition) is 1. The fourth-order valence-electron chi connectivity index (χ4n) is 0.354. The lowest BCUT2D eigenvalue weighted by molar-refractivity contribution is -0.155. The van der Waals surface area contributed by atoms with E-state index in [1.54, 1.807) is 0 Å². The van der Waals surface area contributed by atoms with E-state index < -0.39 is 0 Å². The van der Waals surface area contributed by atoms with E-state index in [1.165, 1.54) is 0 Å². The van der Waals surface area contributed by atoms with Crippen molar-refractivity contribution in [3.05, 3.63) is 0 Å². The lowest BCUT2D eigenvalue weighted by atomic mass is 10.5. The van der Waals surface area contributed by atoms with Crippen molar-refractivity contribution in [1.82, 2.24) is 0 Å². The summed E-state index contributed by atoms with van der Waals surface area (Å²) in [6.07, 6.45) is 0.343. The minimum Gasteiger partial charge on any atom is -0.438 e. The highest BCUT2D eigenvalue weighted by Crippen LogP contribution is 1.88. The first-order valence-electron chi connectivity index (χ1n) is 3.15. The van der Waals surface area contributed by atoms with Crippen molar-refractivity contribution in [3.8, 4) is 0 Å². The molecule has 0 spiro atoms. The zero-order chi connectivity index (χ0) is 7.82. The molecule has 4 heteroatoms. The third kappa shape index (κ3) is 5.91. The van der Waals surface area contributed by atoms with E-state index in [1.807, 2.05) is 6.92 Å². The molecule has 0 aliphatic heterocycles.